The van der Waals surface area contributed by atoms with Crippen LogP contribution in [0.3, 0.4) is 0 Å². The maximum atomic E-state index is 15.2. The molecule has 3 unspecified atom stereocenters. The van der Waals surface area contributed by atoms with Gasteiger partial charge in [-0.2, -0.15) is 0 Å². The highest BCUT2D eigenvalue weighted by Gasteiger charge is 2.58. The minimum absolute atomic E-state index is 0.0123. The van der Waals surface area contributed by atoms with E-state index in [0.717, 1.165) is 19.3 Å². The maximum Gasteiger partial charge on any atom is 0.305 e. The monoisotopic (exact) mass is 476 g/mol. The van der Waals surface area contributed by atoms with Gasteiger partial charge in [0.15, 0.2) is 0 Å². The van der Waals surface area contributed by atoms with Crippen LogP contribution in [-0.2, 0) is 19.0 Å². The first-order chi connectivity index (χ1) is 15.8. The molecular formula is C25H42F2O6. The fourth-order valence-corrected chi connectivity index (χ4v) is 5.06. The van der Waals surface area contributed by atoms with Crippen LogP contribution in [-0.4, -0.2) is 60.4 Å². The van der Waals surface area contributed by atoms with E-state index in [4.69, 9.17) is 9.47 Å². The van der Waals surface area contributed by atoms with Crippen LogP contribution in [0, 0.1) is 11.8 Å². The minimum atomic E-state index is -3.10. The zero-order valence-corrected chi connectivity index (χ0v) is 20.1. The van der Waals surface area contributed by atoms with Crippen LogP contribution < -0.4 is 0 Å². The Morgan fingerprint density at radius 3 is 2.45 bits per heavy atom. The summed E-state index contributed by atoms with van der Waals surface area (Å²) in [6.45, 7) is 2.31. The van der Waals surface area contributed by atoms with E-state index >= 15 is 8.78 Å². The highest BCUT2D eigenvalue weighted by atomic mass is 19.3. The maximum absolute atomic E-state index is 15.2. The number of esters is 1. The number of halogens is 2. The van der Waals surface area contributed by atoms with Crippen molar-refractivity contribution in [1.29, 1.82) is 0 Å². The van der Waals surface area contributed by atoms with Crippen LogP contribution in [0.5, 0.6) is 0 Å². The Balaban J connectivity index is 1.92. The van der Waals surface area contributed by atoms with Gasteiger partial charge in [0, 0.05) is 19.3 Å². The summed E-state index contributed by atoms with van der Waals surface area (Å²) >= 11 is 0. The largest absolute Gasteiger partial charge is 0.469 e. The SMILES string of the molecule is CCCCCCC(F)(F)C1(CCC2C(O)CC(O)[C@@H]2CC=CCCCC(=O)OC)OCCO1. The fraction of sp³-hybridized carbons (Fsp3) is 0.880. The molecule has 6 nitrogen and oxygen atoms in total. The molecule has 4 atom stereocenters. The van der Waals surface area contributed by atoms with Gasteiger partial charge in [-0.25, -0.2) is 8.78 Å². The van der Waals surface area contributed by atoms with E-state index in [2.05, 4.69) is 4.74 Å². The zero-order valence-electron chi connectivity index (χ0n) is 20.1. The van der Waals surface area contributed by atoms with Crippen LogP contribution in [0.2, 0.25) is 0 Å². The van der Waals surface area contributed by atoms with Gasteiger partial charge in [0.25, 0.3) is 0 Å². The summed E-state index contributed by atoms with van der Waals surface area (Å²) in [7, 11) is 1.36. The van der Waals surface area contributed by atoms with Crippen molar-refractivity contribution in [3.63, 3.8) is 0 Å². The Bertz CT molecular complexity index is 606. The molecule has 0 aromatic heterocycles. The summed E-state index contributed by atoms with van der Waals surface area (Å²) in [4.78, 5) is 11.2. The van der Waals surface area contributed by atoms with Crippen molar-refractivity contribution >= 4 is 5.97 Å². The number of hydrogen-bond acceptors (Lipinski definition) is 6. The van der Waals surface area contributed by atoms with Crippen LogP contribution in [0.4, 0.5) is 8.78 Å². The van der Waals surface area contributed by atoms with Gasteiger partial charge in [-0.1, -0.05) is 38.3 Å². The second-order valence-electron chi connectivity index (χ2n) is 9.38. The molecule has 0 aromatic rings. The van der Waals surface area contributed by atoms with Gasteiger partial charge in [0.2, 0.25) is 5.79 Å². The van der Waals surface area contributed by atoms with Crippen molar-refractivity contribution in [2.45, 2.75) is 108 Å². The lowest BCUT2D eigenvalue weighted by atomic mass is 9.84. The number of unbranched alkanes of at least 4 members (excludes halogenated alkanes) is 4. The molecule has 1 saturated heterocycles. The van der Waals surface area contributed by atoms with Crippen LogP contribution in [0.15, 0.2) is 12.2 Å². The fourth-order valence-electron chi connectivity index (χ4n) is 5.06. The molecule has 0 radical (unpaired) electrons. The summed E-state index contributed by atoms with van der Waals surface area (Å²) in [5.41, 5.74) is 0. The second kappa shape index (κ2) is 13.7. The third kappa shape index (κ3) is 7.98. The molecule has 8 heteroatoms. The number of aliphatic hydroxyl groups is 2. The number of hydrogen-bond donors (Lipinski definition) is 2. The third-order valence-electron chi connectivity index (χ3n) is 7.04. The molecule has 0 amide bonds. The van der Waals surface area contributed by atoms with Crippen LogP contribution >= 0.6 is 0 Å². The van der Waals surface area contributed by atoms with Crippen molar-refractivity contribution in [3.8, 4) is 0 Å². The van der Waals surface area contributed by atoms with Crippen molar-refractivity contribution in [2.24, 2.45) is 11.8 Å². The number of methoxy groups -OCH3 is 1. The van der Waals surface area contributed by atoms with Crippen molar-refractivity contribution in [3.05, 3.63) is 12.2 Å². The number of carbonyl (C=O) groups excluding carboxylic acids is 1. The molecule has 192 valence electrons. The summed E-state index contributed by atoms with van der Waals surface area (Å²) in [6.07, 6.45) is 8.08. The summed E-state index contributed by atoms with van der Waals surface area (Å²) in [5, 5.41) is 21.0. The Morgan fingerprint density at radius 1 is 1.09 bits per heavy atom. The molecule has 0 aromatic carbocycles. The van der Waals surface area contributed by atoms with Gasteiger partial charge in [0.05, 0.1) is 32.5 Å². The second-order valence-corrected chi connectivity index (χ2v) is 9.38. The molecule has 1 aliphatic heterocycles. The van der Waals surface area contributed by atoms with Crippen molar-refractivity contribution in [1.82, 2.24) is 0 Å². The summed E-state index contributed by atoms with van der Waals surface area (Å²) in [5.74, 6) is -5.81. The van der Waals surface area contributed by atoms with Crippen molar-refractivity contribution in [2.75, 3.05) is 20.3 Å². The molecular weight excluding hydrogens is 434 g/mol. The Hall–Kier alpha value is -1.09. The molecule has 0 spiro atoms. The Morgan fingerprint density at radius 2 is 1.79 bits per heavy atom. The number of carbonyl (C=O) groups is 1. The van der Waals surface area contributed by atoms with E-state index in [0.29, 0.717) is 38.5 Å². The highest BCUT2D eigenvalue weighted by molar-refractivity contribution is 5.69. The molecule has 2 aliphatic rings. The molecule has 1 heterocycles. The molecule has 2 N–H and O–H groups in total. The van der Waals surface area contributed by atoms with Gasteiger partial charge in [-0.15, -0.1) is 0 Å². The highest BCUT2D eigenvalue weighted by Crippen LogP contribution is 2.46. The number of rotatable bonds is 15. The molecule has 33 heavy (non-hydrogen) atoms. The van der Waals surface area contributed by atoms with E-state index in [-0.39, 0.29) is 50.3 Å². The van der Waals surface area contributed by atoms with Gasteiger partial charge < -0.3 is 24.4 Å². The van der Waals surface area contributed by atoms with E-state index in [1.54, 1.807) is 0 Å². The smallest absolute Gasteiger partial charge is 0.305 e. The van der Waals surface area contributed by atoms with Gasteiger partial charge in [-0.05, 0) is 50.4 Å². The number of aliphatic hydroxyl groups excluding tert-OH is 2. The third-order valence-corrected chi connectivity index (χ3v) is 7.04. The van der Waals surface area contributed by atoms with E-state index in [9.17, 15) is 15.0 Å². The molecule has 2 fully saturated rings. The normalized spacial score (nSPS) is 27.5. The van der Waals surface area contributed by atoms with E-state index in [1.807, 2.05) is 19.1 Å². The standard InChI is InChI=1S/C25H42F2O6/c1-3-4-5-10-14-24(26,27)25(32-16-17-33-25)15-13-20-19(21(28)18-22(20)29)11-8-6-7-9-12-23(30)31-2/h6,8,19-22,28-29H,3-5,7,9-18H2,1-2H3/t19-,20?,21?,22?/m1/s1. The summed E-state index contributed by atoms with van der Waals surface area (Å²) < 4.78 is 45.9. The Labute approximate surface area is 196 Å². The predicted octanol–water partition coefficient (Wildman–Crippen LogP) is 4.76. The van der Waals surface area contributed by atoms with Crippen LogP contribution in [0.1, 0.15) is 84.0 Å². The van der Waals surface area contributed by atoms with Gasteiger partial charge in [-0.3, -0.25) is 4.79 Å². The molecule has 0 bridgehead atoms. The Kier molecular flexibility index (Phi) is 11.7. The first kappa shape index (κ1) is 28.1. The molecule has 1 saturated carbocycles. The number of ether oxygens (including phenoxy) is 3. The average Bonchev–Trinajstić information content (AvgIpc) is 3.37. The lowest BCUT2D eigenvalue weighted by molar-refractivity contribution is -0.297. The van der Waals surface area contributed by atoms with E-state index in [1.165, 1.54) is 7.11 Å². The van der Waals surface area contributed by atoms with E-state index < -0.39 is 23.9 Å². The van der Waals surface area contributed by atoms with Crippen molar-refractivity contribution < 1.29 is 38.0 Å². The van der Waals surface area contributed by atoms with Gasteiger partial charge in [0.1, 0.15) is 0 Å². The average molecular weight is 477 g/mol. The minimum Gasteiger partial charge on any atom is -0.469 e. The number of alkyl halides is 2. The topological polar surface area (TPSA) is 85.2 Å². The molecule has 2 rings (SSSR count). The molecule has 1 aliphatic carbocycles. The number of allylic oxidation sites excluding steroid dienone is 2. The summed E-state index contributed by atoms with van der Waals surface area (Å²) in [6, 6.07) is 0. The van der Waals surface area contributed by atoms with Crippen LogP contribution in [0.25, 0.3) is 0 Å². The first-order valence-electron chi connectivity index (χ1n) is 12.5. The lowest BCUT2D eigenvalue weighted by Crippen LogP contribution is -2.49. The quantitative estimate of drug-likeness (QED) is 0.201. The first-order valence-corrected chi connectivity index (χ1v) is 12.5. The van der Waals surface area contributed by atoms with Gasteiger partial charge >= 0.3 is 11.9 Å². The predicted molar refractivity (Wildman–Crippen MR) is 121 cm³/mol. The zero-order chi connectivity index (χ0) is 24.3. The lowest BCUT2D eigenvalue weighted by Gasteiger charge is -2.37.